The van der Waals surface area contributed by atoms with Crippen LogP contribution in [0, 0.1) is 0 Å². The lowest BCUT2D eigenvalue weighted by atomic mass is 9.91. The Bertz CT molecular complexity index is 404. The number of hydrogen-bond acceptors (Lipinski definition) is 2. The first-order valence-corrected chi connectivity index (χ1v) is 6.32. The number of carbonyl (C=O) groups is 1. The zero-order valence-electron chi connectivity index (χ0n) is 9.84. The van der Waals surface area contributed by atoms with Crippen LogP contribution in [-0.4, -0.2) is 30.0 Å². The highest BCUT2D eigenvalue weighted by atomic mass is 16.5. The lowest BCUT2D eigenvalue weighted by molar-refractivity contribution is -0.160. The number of nitrogens with zero attached hydrogens (tertiary/aromatic N) is 1. The first kappa shape index (κ1) is 10.8. The van der Waals surface area contributed by atoms with Gasteiger partial charge in [-0.3, -0.25) is 4.79 Å². The monoisotopic (exact) mass is 231 g/mol. The van der Waals surface area contributed by atoms with Crippen molar-refractivity contribution >= 4 is 5.91 Å². The molecule has 2 aliphatic heterocycles. The Labute approximate surface area is 101 Å². The molecule has 3 nitrogen and oxygen atoms in total. The molecule has 0 saturated carbocycles. The minimum absolute atomic E-state index is 0.0641. The Balaban J connectivity index is 1.87. The highest BCUT2D eigenvalue weighted by molar-refractivity contribution is 5.78. The average Bonchev–Trinajstić information content (AvgIpc) is 2.41. The molecule has 1 aromatic carbocycles. The van der Waals surface area contributed by atoms with E-state index in [4.69, 9.17) is 4.74 Å². The largest absolute Gasteiger partial charge is 0.362 e. The van der Waals surface area contributed by atoms with Crippen molar-refractivity contribution in [1.82, 2.24) is 4.90 Å². The van der Waals surface area contributed by atoms with Crippen molar-refractivity contribution in [1.29, 1.82) is 0 Å². The Morgan fingerprint density at radius 3 is 2.82 bits per heavy atom. The predicted octanol–water partition coefficient (Wildman–Crippen LogP) is 2.14. The zero-order chi connectivity index (χ0) is 11.7. The van der Waals surface area contributed by atoms with Crippen LogP contribution in [0.25, 0.3) is 0 Å². The summed E-state index contributed by atoms with van der Waals surface area (Å²) in [5.41, 5.74) is 1.19. The van der Waals surface area contributed by atoms with E-state index in [-0.39, 0.29) is 24.7 Å². The summed E-state index contributed by atoms with van der Waals surface area (Å²) in [6.07, 6.45) is 3.45. The second kappa shape index (κ2) is 4.49. The van der Waals surface area contributed by atoms with Crippen LogP contribution in [0.5, 0.6) is 0 Å². The summed E-state index contributed by atoms with van der Waals surface area (Å²) in [6.45, 7) is 1.13. The minimum atomic E-state index is 0.0641. The van der Waals surface area contributed by atoms with Crippen molar-refractivity contribution < 1.29 is 9.53 Å². The van der Waals surface area contributed by atoms with Crippen LogP contribution >= 0.6 is 0 Å². The van der Waals surface area contributed by atoms with E-state index in [9.17, 15) is 4.79 Å². The number of piperidine rings is 1. The summed E-state index contributed by atoms with van der Waals surface area (Å²) < 4.78 is 5.75. The molecule has 3 heteroatoms. The summed E-state index contributed by atoms with van der Waals surface area (Å²) >= 11 is 0. The number of rotatable bonds is 1. The molecule has 17 heavy (non-hydrogen) atoms. The third-order valence-corrected chi connectivity index (χ3v) is 3.73. The maximum Gasteiger partial charge on any atom is 0.248 e. The third-order valence-electron chi connectivity index (χ3n) is 3.73. The number of ether oxygens (including phenoxy) is 1. The maximum atomic E-state index is 11.8. The molecule has 2 fully saturated rings. The summed E-state index contributed by atoms with van der Waals surface area (Å²) in [4.78, 5) is 13.8. The molecule has 2 saturated heterocycles. The van der Waals surface area contributed by atoms with Gasteiger partial charge in [-0.05, 0) is 24.8 Å². The van der Waals surface area contributed by atoms with Crippen LogP contribution in [0.4, 0.5) is 0 Å². The van der Waals surface area contributed by atoms with Crippen LogP contribution in [0.2, 0.25) is 0 Å². The molecule has 0 radical (unpaired) electrons. The number of carbonyl (C=O) groups excluding carboxylic acids is 1. The number of fused-ring (bicyclic) bond motifs is 1. The van der Waals surface area contributed by atoms with Gasteiger partial charge >= 0.3 is 0 Å². The molecule has 2 aliphatic rings. The average molecular weight is 231 g/mol. The van der Waals surface area contributed by atoms with Crippen molar-refractivity contribution in [2.75, 3.05) is 13.2 Å². The minimum Gasteiger partial charge on any atom is -0.362 e. The molecule has 90 valence electrons. The molecule has 0 bridgehead atoms. The third kappa shape index (κ3) is 1.95. The highest BCUT2D eigenvalue weighted by Crippen LogP contribution is 2.34. The molecule has 1 aromatic rings. The van der Waals surface area contributed by atoms with Gasteiger partial charge in [-0.2, -0.15) is 0 Å². The molecular weight excluding hydrogens is 214 g/mol. The van der Waals surface area contributed by atoms with Gasteiger partial charge in [-0.1, -0.05) is 30.3 Å². The Hall–Kier alpha value is -1.35. The van der Waals surface area contributed by atoms with E-state index in [0.29, 0.717) is 0 Å². The highest BCUT2D eigenvalue weighted by Gasteiger charge is 2.38. The molecule has 2 heterocycles. The van der Waals surface area contributed by atoms with Gasteiger partial charge in [0.25, 0.3) is 0 Å². The van der Waals surface area contributed by atoms with Gasteiger partial charge in [-0.25, -0.2) is 0 Å². The smallest absolute Gasteiger partial charge is 0.248 e. The summed E-state index contributed by atoms with van der Waals surface area (Å²) in [5, 5.41) is 0. The van der Waals surface area contributed by atoms with E-state index >= 15 is 0 Å². The lowest BCUT2D eigenvalue weighted by Gasteiger charge is -2.44. The van der Waals surface area contributed by atoms with E-state index < -0.39 is 0 Å². The second-order valence-electron chi connectivity index (χ2n) is 4.79. The van der Waals surface area contributed by atoms with E-state index in [1.165, 1.54) is 12.0 Å². The summed E-state index contributed by atoms with van der Waals surface area (Å²) in [5.74, 6) is 0.155. The van der Waals surface area contributed by atoms with Crippen molar-refractivity contribution in [3.63, 3.8) is 0 Å². The van der Waals surface area contributed by atoms with E-state index in [2.05, 4.69) is 12.1 Å². The zero-order valence-corrected chi connectivity index (χ0v) is 9.84. The molecule has 0 aliphatic carbocycles. The van der Waals surface area contributed by atoms with Crippen molar-refractivity contribution in [3.05, 3.63) is 35.9 Å². The number of morpholine rings is 1. The molecule has 1 amide bonds. The van der Waals surface area contributed by atoms with Crippen molar-refractivity contribution in [2.24, 2.45) is 0 Å². The Morgan fingerprint density at radius 2 is 2.00 bits per heavy atom. The van der Waals surface area contributed by atoms with Gasteiger partial charge in [-0.15, -0.1) is 0 Å². The maximum absolute atomic E-state index is 11.8. The lowest BCUT2D eigenvalue weighted by Crippen LogP contribution is -2.52. The first-order chi connectivity index (χ1) is 8.36. The quantitative estimate of drug-likeness (QED) is 0.741. The van der Waals surface area contributed by atoms with Crippen LogP contribution in [0.3, 0.4) is 0 Å². The summed E-state index contributed by atoms with van der Waals surface area (Å²) in [6, 6.07) is 10.5. The van der Waals surface area contributed by atoms with Gasteiger partial charge in [0, 0.05) is 6.54 Å². The molecule has 2 atom stereocenters. The fourth-order valence-corrected chi connectivity index (χ4v) is 2.90. The standard InChI is InChI=1S/C14H17NO2/c16-13-10-17-14(11-6-2-1-3-7-11)12-8-4-5-9-15(12)13/h1-3,6-7,12,14H,4-5,8-10H2/t12-,14+/m0/s1. The Kier molecular flexibility index (Phi) is 2.85. The molecule has 0 spiro atoms. The molecule has 0 N–H and O–H groups in total. The van der Waals surface area contributed by atoms with Crippen LogP contribution in [0.15, 0.2) is 30.3 Å². The van der Waals surface area contributed by atoms with Crippen molar-refractivity contribution in [2.45, 2.75) is 31.4 Å². The first-order valence-electron chi connectivity index (χ1n) is 6.32. The molecular formula is C14H17NO2. The van der Waals surface area contributed by atoms with Gasteiger partial charge < -0.3 is 9.64 Å². The van der Waals surface area contributed by atoms with Gasteiger partial charge in [0.1, 0.15) is 12.7 Å². The molecule has 3 rings (SSSR count). The van der Waals surface area contributed by atoms with Crippen LogP contribution in [-0.2, 0) is 9.53 Å². The fourth-order valence-electron chi connectivity index (χ4n) is 2.90. The fraction of sp³-hybridized carbons (Fsp3) is 0.500. The van der Waals surface area contributed by atoms with Crippen LogP contribution in [0.1, 0.15) is 30.9 Å². The van der Waals surface area contributed by atoms with E-state index in [1.807, 2.05) is 23.1 Å². The summed E-state index contributed by atoms with van der Waals surface area (Å²) in [7, 11) is 0. The van der Waals surface area contributed by atoms with Crippen LogP contribution < -0.4 is 0 Å². The predicted molar refractivity (Wildman–Crippen MR) is 64.5 cm³/mol. The van der Waals surface area contributed by atoms with E-state index in [1.54, 1.807) is 0 Å². The normalized spacial score (nSPS) is 28.9. The number of hydrogen-bond donors (Lipinski definition) is 0. The van der Waals surface area contributed by atoms with Crippen molar-refractivity contribution in [3.8, 4) is 0 Å². The van der Waals surface area contributed by atoms with Gasteiger partial charge in [0.15, 0.2) is 0 Å². The second-order valence-corrected chi connectivity index (χ2v) is 4.79. The number of amides is 1. The topological polar surface area (TPSA) is 29.5 Å². The van der Waals surface area contributed by atoms with Gasteiger partial charge in [0.05, 0.1) is 6.04 Å². The SMILES string of the molecule is O=C1CO[C@H](c2ccccc2)[C@@H]2CCCCN12. The Morgan fingerprint density at radius 1 is 1.18 bits per heavy atom. The van der Waals surface area contributed by atoms with Gasteiger partial charge in [0.2, 0.25) is 5.91 Å². The molecule has 0 unspecified atom stereocenters. The number of benzene rings is 1. The van der Waals surface area contributed by atoms with E-state index in [0.717, 1.165) is 19.4 Å². The molecule has 0 aromatic heterocycles.